The van der Waals surface area contributed by atoms with Crippen LogP contribution in [0.1, 0.15) is 26.2 Å². The van der Waals surface area contributed by atoms with Gasteiger partial charge < -0.3 is 5.73 Å². The molecule has 5 heteroatoms. The first-order chi connectivity index (χ1) is 6.55. The number of hydrogen-bond donors (Lipinski definition) is 2. The molecule has 0 heterocycles. The molecular formula is C9H20N2O2S. The van der Waals surface area contributed by atoms with Gasteiger partial charge >= 0.3 is 0 Å². The van der Waals surface area contributed by atoms with Crippen LogP contribution in [0.3, 0.4) is 0 Å². The van der Waals surface area contributed by atoms with E-state index < -0.39 is 10.0 Å². The molecule has 2 atom stereocenters. The number of nitrogens with one attached hydrogen (secondary N) is 1. The summed E-state index contributed by atoms with van der Waals surface area (Å²) < 4.78 is 25.2. The van der Waals surface area contributed by atoms with Crippen LogP contribution in [0.25, 0.3) is 0 Å². The van der Waals surface area contributed by atoms with E-state index in [4.69, 9.17) is 5.73 Å². The highest BCUT2D eigenvalue weighted by atomic mass is 32.2. The van der Waals surface area contributed by atoms with Crippen molar-refractivity contribution in [2.24, 2.45) is 17.6 Å². The molecule has 14 heavy (non-hydrogen) atoms. The fourth-order valence-electron chi connectivity index (χ4n) is 1.99. The topological polar surface area (TPSA) is 72.2 Å². The molecule has 0 aliphatic heterocycles. The molecule has 0 spiro atoms. The Balaban J connectivity index is 2.32. The van der Waals surface area contributed by atoms with E-state index in [1.807, 2.05) is 0 Å². The lowest BCUT2D eigenvalue weighted by atomic mass is 9.99. The van der Waals surface area contributed by atoms with E-state index in [0.29, 0.717) is 18.4 Å². The fraction of sp³-hybridized carbons (Fsp3) is 1.00. The largest absolute Gasteiger partial charge is 0.329 e. The first-order valence-corrected chi connectivity index (χ1v) is 6.88. The standard InChI is InChI=1S/C9H20N2O2S/c1-8-3-2-4-9(8)7-11-14(12,13)6-5-10/h8-9,11H,2-7,10H2,1H3. The Hall–Kier alpha value is -0.130. The van der Waals surface area contributed by atoms with E-state index >= 15 is 0 Å². The van der Waals surface area contributed by atoms with Crippen molar-refractivity contribution in [2.75, 3.05) is 18.8 Å². The molecule has 0 aromatic rings. The third-order valence-electron chi connectivity index (χ3n) is 2.99. The summed E-state index contributed by atoms with van der Waals surface area (Å²) in [7, 11) is -3.12. The van der Waals surface area contributed by atoms with Gasteiger partial charge in [0, 0.05) is 13.1 Å². The molecule has 0 saturated heterocycles. The zero-order valence-electron chi connectivity index (χ0n) is 8.70. The summed E-state index contributed by atoms with van der Waals surface area (Å²) in [4.78, 5) is 0. The van der Waals surface area contributed by atoms with Gasteiger partial charge in [-0.3, -0.25) is 0 Å². The molecule has 1 aliphatic carbocycles. The van der Waals surface area contributed by atoms with Gasteiger partial charge in [-0.2, -0.15) is 0 Å². The molecule has 0 amide bonds. The number of rotatable bonds is 5. The van der Waals surface area contributed by atoms with Crippen molar-refractivity contribution in [1.82, 2.24) is 4.72 Å². The summed E-state index contributed by atoms with van der Waals surface area (Å²) in [6, 6.07) is 0. The Kier molecular flexibility index (Phi) is 4.34. The van der Waals surface area contributed by atoms with E-state index in [1.165, 1.54) is 12.8 Å². The summed E-state index contributed by atoms with van der Waals surface area (Å²) in [5, 5.41) is 0. The van der Waals surface area contributed by atoms with Crippen molar-refractivity contribution in [3.63, 3.8) is 0 Å². The SMILES string of the molecule is CC1CCCC1CNS(=O)(=O)CCN. The van der Waals surface area contributed by atoms with E-state index in [-0.39, 0.29) is 12.3 Å². The fourth-order valence-corrected chi connectivity index (χ4v) is 2.91. The third kappa shape index (κ3) is 3.55. The van der Waals surface area contributed by atoms with Crippen LogP contribution in [0.15, 0.2) is 0 Å². The Morgan fingerprint density at radius 2 is 2.14 bits per heavy atom. The Morgan fingerprint density at radius 3 is 2.64 bits per heavy atom. The average molecular weight is 220 g/mol. The van der Waals surface area contributed by atoms with Crippen molar-refractivity contribution in [1.29, 1.82) is 0 Å². The summed E-state index contributed by atoms with van der Waals surface area (Å²) in [6.45, 7) is 2.97. The van der Waals surface area contributed by atoms with Crippen molar-refractivity contribution in [3.05, 3.63) is 0 Å². The second kappa shape index (κ2) is 5.09. The summed E-state index contributed by atoms with van der Waals surface area (Å²) in [5.74, 6) is 1.20. The molecule has 4 nitrogen and oxygen atoms in total. The molecule has 0 aromatic carbocycles. The highest BCUT2D eigenvalue weighted by Gasteiger charge is 2.24. The van der Waals surface area contributed by atoms with Crippen LogP contribution in [0.2, 0.25) is 0 Å². The quantitative estimate of drug-likeness (QED) is 0.700. The van der Waals surface area contributed by atoms with Crippen LogP contribution in [-0.2, 0) is 10.0 Å². The van der Waals surface area contributed by atoms with Gasteiger partial charge in [0.05, 0.1) is 5.75 Å². The highest BCUT2D eigenvalue weighted by molar-refractivity contribution is 7.89. The predicted octanol–water partition coefficient (Wildman–Crippen LogP) is 0.301. The lowest BCUT2D eigenvalue weighted by Gasteiger charge is -2.15. The molecule has 1 aliphatic rings. The molecule has 1 saturated carbocycles. The van der Waals surface area contributed by atoms with E-state index in [9.17, 15) is 8.42 Å². The van der Waals surface area contributed by atoms with Gasteiger partial charge in [0.2, 0.25) is 10.0 Å². The lowest BCUT2D eigenvalue weighted by Crippen LogP contribution is -2.34. The molecule has 84 valence electrons. The van der Waals surface area contributed by atoms with Gasteiger partial charge in [0.25, 0.3) is 0 Å². The minimum absolute atomic E-state index is 0.0358. The summed E-state index contributed by atoms with van der Waals surface area (Å²) >= 11 is 0. The molecule has 1 fully saturated rings. The second-order valence-corrected chi connectivity index (χ2v) is 6.05. The maximum absolute atomic E-state index is 11.3. The summed E-state index contributed by atoms with van der Waals surface area (Å²) in [5.41, 5.74) is 5.21. The van der Waals surface area contributed by atoms with Crippen molar-refractivity contribution >= 4 is 10.0 Å². The van der Waals surface area contributed by atoms with Crippen LogP contribution in [0.4, 0.5) is 0 Å². The monoisotopic (exact) mass is 220 g/mol. The van der Waals surface area contributed by atoms with Crippen molar-refractivity contribution in [2.45, 2.75) is 26.2 Å². The van der Waals surface area contributed by atoms with Gasteiger partial charge in [0.15, 0.2) is 0 Å². The van der Waals surface area contributed by atoms with Crippen molar-refractivity contribution < 1.29 is 8.42 Å². The van der Waals surface area contributed by atoms with Gasteiger partial charge in [-0.15, -0.1) is 0 Å². The third-order valence-corrected chi connectivity index (χ3v) is 4.37. The number of sulfonamides is 1. The summed E-state index contributed by atoms with van der Waals surface area (Å²) in [6.07, 6.45) is 3.60. The van der Waals surface area contributed by atoms with Gasteiger partial charge in [-0.1, -0.05) is 19.8 Å². The first-order valence-electron chi connectivity index (χ1n) is 5.22. The zero-order chi connectivity index (χ0) is 10.6. The molecule has 3 N–H and O–H groups in total. The second-order valence-electron chi connectivity index (χ2n) is 4.12. The lowest BCUT2D eigenvalue weighted by molar-refractivity contribution is 0.414. The zero-order valence-corrected chi connectivity index (χ0v) is 9.52. The average Bonchev–Trinajstić information content (AvgIpc) is 2.48. The van der Waals surface area contributed by atoms with Crippen LogP contribution < -0.4 is 10.5 Å². The molecule has 0 radical (unpaired) electrons. The minimum Gasteiger partial charge on any atom is -0.329 e. The molecular weight excluding hydrogens is 200 g/mol. The Labute approximate surface area is 86.3 Å². The number of nitrogens with two attached hydrogens (primary N) is 1. The van der Waals surface area contributed by atoms with Crippen LogP contribution in [-0.4, -0.2) is 27.3 Å². The van der Waals surface area contributed by atoms with E-state index in [1.54, 1.807) is 0 Å². The van der Waals surface area contributed by atoms with E-state index in [2.05, 4.69) is 11.6 Å². The predicted molar refractivity (Wildman–Crippen MR) is 57.3 cm³/mol. The van der Waals surface area contributed by atoms with Gasteiger partial charge in [-0.05, 0) is 18.3 Å². The van der Waals surface area contributed by atoms with Crippen LogP contribution in [0.5, 0.6) is 0 Å². The number of hydrogen-bond acceptors (Lipinski definition) is 3. The van der Waals surface area contributed by atoms with Crippen LogP contribution in [0, 0.1) is 11.8 Å². The van der Waals surface area contributed by atoms with Gasteiger partial charge in [-0.25, -0.2) is 13.1 Å². The maximum atomic E-state index is 11.3. The van der Waals surface area contributed by atoms with Crippen molar-refractivity contribution in [3.8, 4) is 0 Å². The smallest absolute Gasteiger partial charge is 0.212 e. The van der Waals surface area contributed by atoms with Crippen LogP contribution >= 0.6 is 0 Å². The molecule has 2 unspecified atom stereocenters. The molecule has 0 bridgehead atoms. The maximum Gasteiger partial charge on any atom is 0.212 e. The normalized spacial score (nSPS) is 28.1. The first kappa shape index (κ1) is 11.9. The molecule has 1 rings (SSSR count). The Bertz CT molecular complexity index is 264. The Morgan fingerprint density at radius 1 is 1.43 bits per heavy atom. The van der Waals surface area contributed by atoms with Gasteiger partial charge in [0.1, 0.15) is 0 Å². The highest BCUT2D eigenvalue weighted by Crippen LogP contribution is 2.30. The molecule has 0 aromatic heterocycles. The minimum atomic E-state index is -3.12. The van der Waals surface area contributed by atoms with E-state index in [0.717, 1.165) is 6.42 Å².